The molecule has 2 rings (SSSR count). The average molecular weight is 246 g/mol. The van der Waals surface area contributed by atoms with Crippen LogP contribution in [-0.4, -0.2) is 5.78 Å². The zero-order valence-electron chi connectivity index (χ0n) is 9.41. The minimum Gasteiger partial charge on any atom is -0.398 e. The first-order valence-corrected chi connectivity index (χ1v) is 5.63. The van der Waals surface area contributed by atoms with Crippen LogP contribution in [0.4, 0.5) is 5.69 Å². The molecule has 0 spiro atoms. The quantitative estimate of drug-likeness (QED) is 0.646. The van der Waals surface area contributed by atoms with Gasteiger partial charge >= 0.3 is 0 Å². The summed E-state index contributed by atoms with van der Waals surface area (Å²) >= 11 is 6.14. The second-order valence-electron chi connectivity index (χ2n) is 3.84. The highest BCUT2D eigenvalue weighted by molar-refractivity contribution is 6.33. The molecular formula is C14H12ClNO. The van der Waals surface area contributed by atoms with Crippen molar-refractivity contribution < 1.29 is 4.79 Å². The van der Waals surface area contributed by atoms with Gasteiger partial charge in [0, 0.05) is 27.4 Å². The van der Waals surface area contributed by atoms with Crippen LogP contribution in [0.5, 0.6) is 0 Å². The number of carbonyl (C=O) groups excluding carboxylic acids is 1. The first-order valence-electron chi connectivity index (χ1n) is 5.25. The third-order valence-corrected chi connectivity index (χ3v) is 2.95. The molecule has 2 N–H and O–H groups in total. The van der Waals surface area contributed by atoms with Gasteiger partial charge in [0.1, 0.15) is 0 Å². The number of carbonyl (C=O) groups is 1. The molecule has 2 aromatic rings. The zero-order chi connectivity index (χ0) is 12.4. The van der Waals surface area contributed by atoms with Crippen LogP contribution < -0.4 is 5.73 Å². The lowest BCUT2D eigenvalue weighted by Crippen LogP contribution is -1.95. The number of anilines is 1. The van der Waals surface area contributed by atoms with Gasteiger partial charge in [-0.25, -0.2) is 0 Å². The monoisotopic (exact) mass is 245 g/mol. The molecule has 0 heterocycles. The fourth-order valence-corrected chi connectivity index (χ4v) is 1.91. The molecule has 3 heteroatoms. The number of nitrogens with two attached hydrogens (primary N) is 1. The Morgan fingerprint density at radius 1 is 1.12 bits per heavy atom. The highest BCUT2D eigenvalue weighted by Crippen LogP contribution is 2.32. The molecule has 0 aliphatic heterocycles. The maximum Gasteiger partial charge on any atom is 0.159 e. The topological polar surface area (TPSA) is 43.1 Å². The van der Waals surface area contributed by atoms with Crippen LogP contribution in [0.25, 0.3) is 11.1 Å². The lowest BCUT2D eigenvalue weighted by Gasteiger charge is -2.09. The van der Waals surface area contributed by atoms with Crippen molar-refractivity contribution in [3.05, 3.63) is 53.1 Å². The predicted molar refractivity (Wildman–Crippen MR) is 71.3 cm³/mol. The Bertz CT molecular complexity index is 578. The molecule has 0 aliphatic rings. The second kappa shape index (κ2) is 4.60. The van der Waals surface area contributed by atoms with Crippen molar-refractivity contribution >= 4 is 23.1 Å². The zero-order valence-corrected chi connectivity index (χ0v) is 10.2. The lowest BCUT2D eigenvalue weighted by molar-refractivity contribution is 0.101. The van der Waals surface area contributed by atoms with E-state index >= 15 is 0 Å². The van der Waals surface area contributed by atoms with Gasteiger partial charge in [0.25, 0.3) is 0 Å². The Labute approximate surface area is 105 Å². The molecule has 0 bridgehead atoms. The smallest absolute Gasteiger partial charge is 0.159 e. The first kappa shape index (κ1) is 11.7. The Hall–Kier alpha value is -1.80. The fraction of sp³-hybridized carbons (Fsp3) is 0.0714. The Kier molecular flexibility index (Phi) is 3.16. The van der Waals surface area contributed by atoms with Crippen LogP contribution in [-0.2, 0) is 0 Å². The molecule has 17 heavy (non-hydrogen) atoms. The van der Waals surface area contributed by atoms with Crippen molar-refractivity contribution in [3.63, 3.8) is 0 Å². The maximum absolute atomic E-state index is 11.4. The number of halogens is 1. The summed E-state index contributed by atoms with van der Waals surface area (Å²) in [4.78, 5) is 11.4. The number of hydrogen-bond donors (Lipinski definition) is 1. The van der Waals surface area contributed by atoms with Gasteiger partial charge in [0.05, 0.1) is 0 Å². The van der Waals surface area contributed by atoms with Crippen LogP contribution in [0.2, 0.25) is 5.02 Å². The average Bonchev–Trinajstić information content (AvgIpc) is 2.30. The molecule has 0 radical (unpaired) electrons. The van der Waals surface area contributed by atoms with Crippen molar-refractivity contribution in [1.82, 2.24) is 0 Å². The molecule has 86 valence electrons. The number of para-hydroxylation sites is 1. The number of ketones is 1. The summed E-state index contributed by atoms with van der Waals surface area (Å²) in [5.74, 6) is 0.0115. The van der Waals surface area contributed by atoms with E-state index in [1.165, 1.54) is 6.92 Å². The normalized spacial score (nSPS) is 10.2. The predicted octanol–water partition coefficient (Wildman–Crippen LogP) is 3.79. The Morgan fingerprint density at radius 2 is 1.82 bits per heavy atom. The Balaban J connectivity index is 2.63. The fourth-order valence-electron chi connectivity index (χ4n) is 1.69. The summed E-state index contributed by atoms with van der Waals surface area (Å²) in [7, 11) is 0. The molecule has 0 fully saturated rings. The maximum atomic E-state index is 11.4. The summed E-state index contributed by atoms with van der Waals surface area (Å²) in [5.41, 5.74) is 8.82. The van der Waals surface area contributed by atoms with E-state index in [1.807, 2.05) is 24.3 Å². The van der Waals surface area contributed by atoms with Crippen molar-refractivity contribution in [1.29, 1.82) is 0 Å². The molecular weight excluding hydrogens is 234 g/mol. The first-order chi connectivity index (χ1) is 8.09. The molecule has 2 nitrogen and oxygen atoms in total. The largest absolute Gasteiger partial charge is 0.398 e. The van der Waals surface area contributed by atoms with Crippen LogP contribution in [0, 0.1) is 0 Å². The minimum atomic E-state index is 0.0115. The minimum absolute atomic E-state index is 0.0115. The third-order valence-electron chi connectivity index (χ3n) is 2.62. The lowest BCUT2D eigenvalue weighted by atomic mass is 10.0. The summed E-state index contributed by atoms with van der Waals surface area (Å²) in [6.45, 7) is 1.53. The van der Waals surface area contributed by atoms with E-state index < -0.39 is 0 Å². The van der Waals surface area contributed by atoms with Gasteiger partial charge in [-0.1, -0.05) is 29.8 Å². The Morgan fingerprint density at radius 3 is 2.47 bits per heavy atom. The van der Waals surface area contributed by atoms with Crippen LogP contribution >= 0.6 is 11.6 Å². The highest BCUT2D eigenvalue weighted by Gasteiger charge is 2.09. The van der Waals surface area contributed by atoms with Gasteiger partial charge < -0.3 is 5.73 Å². The van der Waals surface area contributed by atoms with Crippen LogP contribution in [0.3, 0.4) is 0 Å². The van der Waals surface area contributed by atoms with Crippen LogP contribution in [0.1, 0.15) is 17.3 Å². The molecule has 0 unspecified atom stereocenters. The molecule has 0 amide bonds. The number of nitrogen functional groups attached to an aromatic ring is 1. The van der Waals surface area contributed by atoms with Gasteiger partial charge in [-0.2, -0.15) is 0 Å². The van der Waals surface area contributed by atoms with Crippen LogP contribution in [0.15, 0.2) is 42.5 Å². The molecule has 0 saturated heterocycles. The molecule has 0 saturated carbocycles. The summed E-state index contributed by atoms with van der Waals surface area (Å²) in [5, 5.41) is 0.591. The number of rotatable bonds is 2. The van der Waals surface area contributed by atoms with Crippen molar-refractivity contribution in [2.45, 2.75) is 6.92 Å². The van der Waals surface area contributed by atoms with E-state index in [4.69, 9.17) is 17.3 Å². The van der Waals surface area contributed by atoms with E-state index in [-0.39, 0.29) is 5.78 Å². The van der Waals surface area contributed by atoms with E-state index in [9.17, 15) is 4.79 Å². The third kappa shape index (κ3) is 2.32. The summed E-state index contributed by atoms with van der Waals surface area (Å²) < 4.78 is 0. The molecule has 2 aromatic carbocycles. The second-order valence-corrected chi connectivity index (χ2v) is 4.25. The summed E-state index contributed by atoms with van der Waals surface area (Å²) in [6, 6.07) is 12.7. The van der Waals surface area contributed by atoms with E-state index in [0.717, 1.165) is 11.1 Å². The number of Topliss-reactive ketones (excluding diaryl/α,β-unsaturated/α-hetero) is 1. The number of hydrogen-bond acceptors (Lipinski definition) is 2. The van der Waals surface area contributed by atoms with Gasteiger partial charge in [-0.15, -0.1) is 0 Å². The molecule has 0 atom stereocenters. The van der Waals surface area contributed by atoms with E-state index in [0.29, 0.717) is 16.3 Å². The number of benzene rings is 2. The molecule has 0 aliphatic carbocycles. The summed E-state index contributed by atoms with van der Waals surface area (Å²) in [6.07, 6.45) is 0. The van der Waals surface area contributed by atoms with Crippen molar-refractivity contribution in [2.75, 3.05) is 5.73 Å². The van der Waals surface area contributed by atoms with E-state index in [2.05, 4.69) is 0 Å². The van der Waals surface area contributed by atoms with Gasteiger partial charge in [-0.3, -0.25) is 4.79 Å². The van der Waals surface area contributed by atoms with Gasteiger partial charge in [0.15, 0.2) is 5.78 Å². The highest BCUT2D eigenvalue weighted by atomic mass is 35.5. The van der Waals surface area contributed by atoms with Crippen molar-refractivity contribution in [2.24, 2.45) is 0 Å². The van der Waals surface area contributed by atoms with Crippen molar-refractivity contribution in [3.8, 4) is 11.1 Å². The van der Waals surface area contributed by atoms with E-state index in [1.54, 1.807) is 18.2 Å². The van der Waals surface area contributed by atoms with Gasteiger partial charge in [0.2, 0.25) is 0 Å². The SMILES string of the molecule is CC(=O)c1ccc(Cl)c(-c2ccccc2N)c1. The molecule has 0 aromatic heterocycles. The van der Waals surface area contributed by atoms with Gasteiger partial charge in [-0.05, 0) is 31.2 Å². The standard InChI is InChI=1S/C14H12ClNO/c1-9(17)10-6-7-13(15)12(8-10)11-4-2-3-5-14(11)16/h2-8H,16H2,1H3.